The SMILES string of the molecule is Cc1ccc(C(=O)N2CC(Nc3cccnn3)C2)c(C)c1. The van der Waals surface area contributed by atoms with Gasteiger partial charge < -0.3 is 10.2 Å². The molecule has 0 spiro atoms. The van der Waals surface area contributed by atoms with Crippen molar-refractivity contribution in [1.82, 2.24) is 15.1 Å². The summed E-state index contributed by atoms with van der Waals surface area (Å²) in [5.74, 6) is 0.853. The summed E-state index contributed by atoms with van der Waals surface area (Å²) < 4.78 is 0. The Kier molecular flexibility index (Phi) is 3.56. The van der Waals surface area contributed by atoms with E-state index in [4.69, 9.17) is 0 Å². The molecule has 1 aliphatic rings. The van der Waals surface area contributed by atoms with Crippen LogP contribution in [0.15, 0.2) is 36.5 Å². The highest BCUT2D eigenvalue weighted by molar-refractivity contribution is 5.96. The number of carbonyl (C=O) groups is 1. The maximum atomic E-state index is 12.4. The molecule has 2 aromatic rings. The molecule has 21 heavy (non-hydrogen) atoms. The van der Waals surface area contributed by atoms with E-state index in [1.807, 2.05) is 49.1 Å². The van der Waals surface area contributed by atoms with Gasteiger partial charge in [0.05, 0.1) is 6.04 Å². The number of amides is 1. The quantitative estimate of drug-likeness (QED) is 0.936. The van der Waals surface area contributed by atoms with Gasteiger partial charge >= 0.3 is 0 Å². The van der Waals surface area contributed by atoms with Crippen LogP contribution in [-0.2, 0) is 0 Å². The van der Waals surface area contributed by atoms with Crippen LogP contribution in [0, 0.1) is 13.8 Å². The first-order valence-electron chi connectivity index (χ1n) is 7.04. The van der Waals surface area contributed by atoms with E-state index in [1.165, 1.54) is 5.56 Å². The first-order valence-corrected chi connectivity index (χ1v) is 7.04. The lowest BCUT2D eigenvalue weighted by Crippen LogP contribution is -2.57. The van der Waals surface area contributed by atoms with Gasteiger partial charge in [-0.05, 0) is 37.6 Å². The predicted molar refractivity (Wildman–Crippen MR) is 81.3 cm³/mol. The fourth-order valence-corrected chi connectivity index (χ4v) is 2.55. The van der Waals surface area contributed by atoms with Crippen molar-refractivity contribution in [3.63, 3.8) is 0 Å². The van der Waals surface area contributed by atoms with Crippen LogP contribution < -0.4 is 5.32 Å². The van der Waals surface area contributed by atoms with Gasteiger partial charge in [-0.25, -0.2) is 0 Å². The molecule has 108 valence electrons. The standard InChI is InChI=1S/C16H18N4O/c1-11-5-6-14(12(2)8-11)16(21)20-9-13(10-20)18-15-4-3-7-17-19-15/h3-8,13H,9-10H2,1-2H3,(H,18,19). The molecule has 1 aromatic heterocycles. The van der Waals surface area contributed by atoms with Crippen molar-refractivity contribution in [2.24, 2.45) is 0 Å². The number of likely N-dealkylation sites (tertiary alicyclic amines) is 1. The maximum absolute atomic E-state index is 12.4. The minimum absolute atomic E-state index is 0.102. The number of nitrogens with one attached hydrogen (secondary N) is 1. The minimum atomic E-state index is 0.102. The van der Waals surface area contributed by atoms with E-state index >= 15 is 0 Å². The van der Waals surface area contributed by atoms with Crippen molar-refractivity contribution >= 4 is 11.7 Å². The van der Waals surface area contributed by atoms with Gasteiger partial charge in [0.2, 0.25) is 0 Å². The normalized spacial score (nSPS) is 14.7. The zero-order chi connectivity index (χ0) is 14.8. The van der Waals surface area contributed by atoms with Crippen molar-refractivity contribution in [1.29, 1.82) is 0 Å². The molecule has 0 aliphatic carbocycles. The van der Waals surface area contributed by atoms with Crippen LogP contribution in [0.2, 0.25) is 0 Å². The predicted octanol–water partition coefficient (Wildman–Crippen LogP) is 2.03. The summed E-state index contributed by atoms with van der Waals surface area (Å²) in [6.07, 6.45) is 1.64. The monoisotopic (exact) mass is 282 g/mol. The van der Waals surface area contributed by atoms with Crippen LogP contribution in [0.3, 0.4) is 0 Å². The molecule has 5 heteroatoms. The highest BCUT2D eigenvalue weighted by atomic mass is 16.2. The summed E-state index contributed by atoms with van der Waals surface area (Å²) in [7, 11) is 0. The number of aromatic nitrogens is 2. The molecule has 0 radical (unpaired) electrons. The van der Waals surface area contributed by atoms with Crippen molar-refractivity contribution in [2.75, 3.05) is 18.4 Å². The van der Waals surface area contributed by atoms with Crippen molar-refractivity contribution in [3.05, 3.63) is 53.2 Å². The van der Waals surface area contributed by atoms with Gasteiger partial charge in [-0.2, -0.15) is 5.10 Å². The Balaban J connectivity index is 1.59. The van der Waals surface area contributed by atoms with Gasteiger partial charge in [0.1, 0.15) is 5.82 Å². The largest absolute Gasteiger partial charge is 0.362 e. The van der Waals surface area contributed by atoms with Gasteiger partial charge in [-0.15, -0.1) is 5.10 Å². The van der Waals surface area contributed by atoms with Crippen LogP contribution in [0.5, 0.6) is 0 Å². The second kappa shape index (κ2) is 5.52. The van der Waals surface area contributed by atoms with E-state index in [9.17, 15) is 4.79 Å². The first-order chi connectivity index (χ1) is 10.1. The number of hydrogen-bond acceptors (Lipinski definition) is 4. The molecule has 1 aliphatic heterocycles. The number of hydrogen-bond donors (Lipinski definition) is 1. The Hall–Kier alpha value is -2.43. The van der Waals surface area contributed by atoms with E-state index in [0.717, 1.165) is 16.9 Å². The first kappa shape index (κ1) is 13.5. The molecule has 5 nitrogen and oxygen atoms in total. The molecule has 3 rings (SSSR count). The molecule has 0 atom stereocenters. The molecule has 0 saturated carbocycles. The molecule has 1 saturated heterocycles. The van der Waals surface area contributed by atoms with Crippen LogP contribution in [0.1, 0.15) is 21.5 Å². The molecular formula is C16H18N4O. The number of rotatable bonds is 3. The Morgan fingerprint density at radius 3 is 2.76 bits per heavy atom. The summed E-state index contributed by atoms with van der Waals surface area (Å²) in [4.78, 5) is 14.3. The number of anilines is 1. The molecule has 1 aromatic carbocycles. The average molecular weight is 282 g/mol. The molecule has 2 heterocycles. The maximum Gasteiger partial charge on any atom is 0.254 e. The third-order valence-corrected chi connectivity index (χ3v) is 3.71. The summed E-state index contributed by atoms with van der Waals surface area (Å²) in [6.45, 7) is 5.41. The van der Waals surface area contributed by atoms with E-state index in [1.54, 1.807) is 6.20 Å². The molecule has 1 N–H and O–H groups in total. The minimum Gasteiger partial charge on any atom is -0.362 e. The van der Waals surface area contributed by atoms with E-state index in [2.05, 4.69) is 15.5 Å². The summed E-state index contributed by atoms with van der Waals surface area (Å²) in [5, 5.41) is 11.1. The summed E-state index contributed by atoms with van der Waals surface area (Å²) >= 11 is 0. The smallest absolute Gasteiger partial charge is 0.254 e. The van der Waals surface area contributed by atoms with E-state index in [-0.39, 0.29) is 11.9 Å². The molecule has 1 amide bonds. The second-order valence-electron chi connectivity index (χ2n) is 5.48. The zero-order valence-corrected chi connectivity index (χ0v) is 12.2. The Bertz CT molecular complexity index is 651. The third-order valence-electron chi connectivity index (χ3n) is 3.71. The van der Waals surface area contributed by atoms with Crippen LogP contribution in [0.4, 0.5) is 5.82 Å². The van der Waals surface area contributed by atoms with Crippen LogP contribution in [-0.4, -0.2) is 40.1 Å². The lowest BCUT2D eigenvalue weighted by molar-refractivity contribution is 0.0624. The third kappa shape index (κ3) is 2.86. The number of carbonyl (C=O) groups excluding carboxylic acids is 1. The summed E-state index contributed by atoms with van der Waals surface area (Å²) in [5.41, 5.74) is 3.00. The fourth-order valence-electron chi connectivity index (χ4n) is 2.55. The second-order valence-corrected chi connectivity index (χ2v) is 5.48. The fraction of sp³-hybridized carbons (Fsp3) is 0.312. The van der Waals surface area contributed by atoms with E-state index in [0.29, 0.717) is 13.1 Å². The van der Waals surface area contributed by atoms with Crippen molar-refractivity contribution in [2.45, 2.75) is 19.9 Å². The Morgan fingerprint density at radius 1 is 1.29 bits per heavy atom. The van der Waals surface area contributed by atoms with Crippen molar-refractivity contribution in [3.8, 4) is 0 Å². The lowest BCUT2D eigenvalue weighted by Gasteiger charge is -2.40. The van der Waals surface area contributed by atoms with Gasteiger partial charge in [0.25, 0.3) is 5.91 Å². The molecule has 1 fully saturated rings. The topological polar surface area (TPSA) is 58.1 Å². The Labute approximate surface area is 124 Å². The Morgan fingerprint density at radius 2 is 2.10 bits per heavy atom. The summed E-state index contributed by atoms with van der Waals surface area (Å²) in [6, 6.07) is 9.90. The van der Waals surface area contributed by atoms with Crippen LogP contribution >= 0.6 is 0 Å². The number of benzene rings is 1. The number of aryl methyl sites for hydroxylation is 2. The molecule has 0 unspecified atom stereocenters. The van der Waals surface area contributed by atoms with Gasteiger partial charge in [0.15, 0.2) is 0 Å². The van der Waals surface area contributed by atoms with Gasteiger partial charge in [0, 0.05) is 24.8 Å². The zero-order valence-electron chi connectivity index (χ0n) is 12.2. The highest BCUT2D eigenvalue weighted by Crippen LogP contribution is 2.19. The molecule has 0 bridgehead atoms. The van der Waals surface area contributed by atoms with Crippen LogP contribution in [0.25, 0.3) is 0 Å². The van der Waals surface area contributed by atoms with Gasteiger partial charge in [-0.1, -0.05) is 17.7 Å². The highest BCUT2D eigenvalue weighted by Gasteiger charge is 2.31. The molecular weight excluding hydrogens is 264 g/mol. The lowest BCUT2D eigenvalue weighted by atomic mass is 10.0. The van der Waals surface area contributed by atoms with Crippen molar-refractivity contribution < 1.29 is 4.79 Å². The average Bonchev–Trinajstić information content (AvgIpc) is 2.43. The number of nitrogens with zero attached hydrogens (tertiary/aromatic N) is 3. The van der Waals surface area contributed by atoms with Gasteiger partial charge in [-0.3, -0.25) is 4.79 Å². The van der Waals surface area contributed by atoms with E-state index < -0.39 is 0 Å².